The van der Waals surface area contributed by atoms with Crippen molar-refractivity contribution in [2.45, 2.75) is 19.8 Å². The number of carbonyl (C=O) groups is 1. The number of hydrogen-bond acceptors (Lipinski definition) is 4. The van der Waals surface area contributed by atoms with Crippen LogP contribution >= 0.6 is 0 Å². The molecule has 0 heterocycles. The molecule has 16 heavy (non-hydrogen) atoms. The molecule has 0 aromatic rings. The van der Waals surface area contributed by atoms with Gasteiger partial charge in [0.1, 0.15) is 0 Å². The first kappa shape index (κ1) is 15.3. The number of rotatable bonds is 11. The maximum Gasteiger partial charge on any atom is 0.221 e. The Kier molecular flexibility index (Phi) is 11.9. The Balaban J connectivity index is 3.09. The third-order valence-electron chi connectivity index (χ3n) is 2.00. The van der Waals surface area contributed by atoms with E-state index in [-0.39, 0.29) is 5.91 Å². The number of nitrogens with one attached hydrogen (secondary N) is 2. The zero-order chi connectivity index (χ0) is 12.1. The first-order valence-corrected chi connectivity index (χ1v) is 5.85. The van der Waals surface area contributed by atoms with Gasteiger partial charge in [0, 0.05) is 33.2 Å². The predicted octanol–water partition coefficient (Wildman–Crippen LogP) is 0.155. The fourth-order valence-electron chi connectivity index (χ4n) is 1.11. The lowest BCUT2D eigenvalue weighted by Crippen LogP contribution is -2.28. The Morgan fingerprint density at radius 1 is 1.19 bits per heavy atom. The van der Waals surface area contributed by atoms with Crippen molar-refractivity contribution in [3.63, 3.8) is 0 Å². The van der Waals surface area contributed by atoms with Gasteiger partial charge in [0.25, 0.3) is 0 Å². The Bertz CT molecular complexity index is 165. The molecule has 0 saturated carbocycles. The van der Waals surface area contributed by atoms with E-state index >= 15 is 0 Å². The molecule has 0 bridgehead atoms. The molecule has 5 heteroatoms. The standard InChI is InChI=1S/C11H24N2O3/c1-3-12-7-5-11(14)13-6-4-8-16-10-9-15-2/h12H,3-10H2,1-2H3,(H,13,14). The number of hydrogen-bond donors (Lipinski definition) is 2. The minimum Gasteiger partial charge on any atom is -0.382 e. The van der Waals surface area contributed by atoms with Crippen LogP contribution in [0.2, 0.25) is 0 Å². The average Bonchev–Trinajstić information content (AvgIpc) is 2.28. The summed E-state index contributed by atoms with van der Waals surface area (Å²) in [6.45, 7) is 6.25. The summed E-state index contributed by atoms with van der Waals surface area (Å²) in [5.41, 5.74) is 0. The lowest BCUT2D eigenvalue weighted by Gasteiger charge is -2.06. The molecule has 0 rings (SSSR count). The van der Waals surface area contributed by atoms with Crippen molar-refractivity contribution in [2.75, 3.05) is 46.6 Å². The first-order valence-electron chi connectivity index (χ1n) is 5.85. The van der Waals surface area contributed by atoms with Crippen LogP contribution in [-0.2, 0) is 14.3 Å². The van der Waals surface area contributed by atoms with E-state index in [4.69, 9.17) is 9.47 Å². The van der Waals surface area contributed by atoms with Crippen LogP contribution in [0, 0.1) is 0 Å². The first-order chi connectivity index (χ1) is 7.81. The zero-order valence-electron chi connectivity index (χ0n) is 10.4. The summed E-state index contributed by atoms with van der Waals surface area (Å²) < 4.78 is 10.1. The molecule has 0 radical (unpaired) electrons. The van der Waals surface area contributed by atoms with Gasteiger partial charge in [-0.05, 0) is 13.0 Å². The van der Waals surface area contributed by atoms with Gasteiger partial charge in [-0.1, -0.05) is 6.92 Å². The van der Waals surface area contributed by atoms with Gasteiger partial charge in [-0.25, -0.2) is 0 Å². The molecule has 0 aromatic heterocycles. The van der Waals surface area contributed by atoms with E-state index in [9.17, 15) is 4.79 Å². The van der Waals surface area contributed by atoms with Gasteiger partial charge in [-0.2, -0.15) is 0 Å². The molecule has 96 valence electrons. The Hall–Kier alpha value is -0.650. The van der Waals surface area contributed by atoms with Crippen molar-refractivity contribution in [3.05, 3.63) is 0 Å². The van der Waals surface area contributed by atoms with Gasteiger partial charge in [-0.3, -0.25) is 4.79 Å². The number of carbonyl (C=O) groups excluding carboxylic acids is 1. The monoisotopic (exact) mass is 232 g/mol. The van der Waals surface area contributed by atoms with Crippen LogP contribution in [0.4, 0.5) is 0 Å². The number of methoxy groups -OCH3 is 1. The molecule has 0 spiro atoms. The van der Waals surface area contributed by atoms with Crippen molar-refractivity contribution < 1.29 is 14.3 Å². The maximum atomic E-state index is 11.2. The maximum absolute atomic E-state index is 11.2. The minimum atomic E-state index is 0.0952. The molecule has 2 N–H and O–H groups in total. The molecular weight excluding hydrogens is 208 g/mol. The minimum absolute atomic E-state index is 0.0952. The lowest BCUT2D eigenvalue weighted by molar-refractivity contribution is -0.121. The van der Waals surface area contributed by atoms with Crippen LogP contribution in [-0.4, -0.2) is 52.5 Å². The van der Waals surface area contributed by atoms with E-state index in [1.165, 1.54) is 0 Å². The third-order valence-corrected chi connectivity index (χ3v) is 2.00. The Morgan fingerprint density at radius 2 is 2.00 bits per heavy atom. The smallest absolute Gasteiger partial charge is 0.221 e. The molecule has 0 saturated heterocycles. The topological polar surface area (TPSA) is 59.6 Å². The summed E-state index contributed by atoms with van der Waals surface area (Å²) in [5.74, 6) is 0.0952. The predicted molar refractivity (Wildman–Crippen MR) is 63.5 cm³/mol. The summed E-state index contributed by atoms with van der Waals surface area (Å²) in [4.78, 5) is 11.2. The molecule has 0 atom stereocenters. The van der Waals surface area contributed by atoms with Crippen LogP contribution in [0.25, 0.3) is 0 Å². The van der Waals surface area contributed by atoms with Gasteiger partial charge in [0.05, 0.1) is 13.2 Å². The van der Waals surface area contributed by atoms with Gasteiger partial charge >= 0.3 is 0 Å². The molecule has 0 aromatic carbocycles. The molecule has 0 fully saturated rings. The zero-order valence-corrected chi connectivity index (χ0v) is 10.4. The molecule has 1 amide bonds. The second kappa shape index (κ2) is 12.4. The third kappa shape index (κ3) is 11.4. The molecule has 0 unspecified atom stereocenters. The Morgan fingerprint density at radius 3 is 2.69 bits per heavy atom. The second-order valence-electron chi connectivity index (χ2n) is 3.41. The van der Waals surface area contributed by atoms with Gasteiger partial charge in [-0.15, -0.1) is 0 Å². The number of amides is 1. The molecule has 0 aliphatic carbocycles. The highest BCUT2D eigenvalue weighted by Crippen LogP contribution is 1.83. The molecular formula is C11H24N2O3. The quantitative estimate of drug-likeness (QED) is 0.498. The number of ether oxygens (including phenoxy) is 2. The van der Waals surface area contributed by atoms with Gasteiger partial charge in [0.2, 0.25) is 5.91 Å². The fraction of sp³-hybridized carbons (Fsp3) is 0.909. The van der Waals surface area contributed by atoms with Crippen LogP contribution in [0.5, 0.6) is 0 Å². The second-order valence-corrected chi connectivity index (χ2v) is 3.41. The normalized spacial score (nSPS) is 10.4. The van der Waals surface area contributed by atoms with Crippen LogP contribution < -0.4 is 10.6 Å². The SMILES string of the molecule is CCNCCC(=O)NCCCOCCOC. The summed E-state index contributed by atoms with van der Waals surface area (Å²) in [5, 5.41) is 5.95. The highest BCUT2D eigenvalue weighted by atomic mass is 16.5. The highest BCUT2D eigenvalue weighted by molar-refractivity contribution is 5.75. The Labute approximate surface area is 97.9 Å². The molecule has 0 aliphatic heterocycles. The van der Waals surface area contributed by atoms with Crippen LogP contribution in [0.3, 0.4) is 0 Å². The van der Waals surface area contributed by atoms with E-state index in [1.54, 1.807) is 7.11 Å². The van der Waals surface area contributed by atoms with E-state index < -0.39 is 0 Å². The highest BCUT2D eigenvalue weighted by Gasteiger charge is 1.98. The largest absolute Gasteiger partial charge is 0.382 e. The van der Waals surface area contributed by atoms with E-state index in [0.717, 1.165) is 19.5 Å². The fourth-order valence-corrected chi connectivity index (χ4v) is 1.11. The van der Waals surface area contributed by atoms with Crippen molar-refractivity contribution in [3.8, 4) is 0 Å². The molecule has 5 nitrogen and oxygen atoms in total. The van der Waals surface area contributed by atoms with Crippen molar-refractivity contribution in [2.24, 2.45) is 0 Å². The van der Waals surface area contributed by atoms with Crippen molar-refractivity contribution in [1.82, 2.24) is 10.6 Å². The van der Waals surface area contributed by atoms with Gasteiger partial charge in [0.15, 0.2) is 0 Å². The van der Waals surface area contributed by atoms with E-state index in [1.807, 2.05) is 6.92 Å². The van der Waals surface area contributed by atoms with Gasteiger partial charge < -0.3 is 20.1 Å². The lowest BCUT2D eigenvalue weighted by atomic mass is 10.3. The van der Waals surface area contributed by atoms with Crippen LogP contribution in [0.1, 0.15) is 19.8 Å². The summed E-state index contributed by atoms with van der Waals surface area (Å²) in [6, 6.07) is 0. The summed E-state index contributed by atoms with van der Waals surface area (Å²) >= 11 is 0. The van der Waals surface area contributed by atoms with E-state index in [2.05, 4.69) is 10.6 Å². The van der Waals surface area contributed by atoms with E-state index in [0.29, 0.717) is 32.8 Å². The molecule has 0 aliphatic rings. The van der Waals surface area contributed by atoms with Crippen molar-refractivity contribution >= 4 is 5.91 Å². The van der Waals surface area contributed by atoms with Crippen molar-refractivity contribution in [1.29, 1.82) is 0 Å². The van der Waals surface area contributed by atoms with Crippen LogP contribution in [0.15, 0.2) is 0 Å². The average molecular weight is 232 g/mol. The summed E-state index contributed by atoms with van der Waals surface area (Å²) in [7, 11) is 1.65. The summed E-state index contributed by atoms with van der Waals surface area (Å²) in [6.07, 6.45) is 1.38.